The van der Waals surface area contributed by atoms with E-state index in [0.717, 1.165) is 11.8 Å². The van der Waals surface area contributed by atoms with Gasteiger partial charge in [-0.15, -0.1) is 0 Å². The van der Waals surface area contributed by atoms with Crippen LogP contribution in [0.5, 0.6) is 0 Å². The fourth-order valence-corrected chi connectivity index (χ4v) is 2.07. The van der Waals surface area contributed by atoms with E-state index in [4.69, 9.17) is 4.74 Å². The summed E-state index contributed by atoms with van der Waals surface area (Å²) in [5.74, 6) is -0.359. The predicted molar refractivity (Wildman–Crippen MR) is 65.5 cm³/mol. The van der Waals surface area contributed by atoms with Crippen LogP contribution in [0, 0.1) is 0 Å². The fraction of sp³-hybridized carbons (Fsp3) is 0.417. The molecule has 0 aliphatic rings. The molecule has 0 heterocycles. The van der Waals surface area contributed by atoms with Crippen LogP contribution in [0.3, 0.4) is 0 Å². The van der Waals surface area contributed by atoms with Crippen LogP contribution in [-0.4, -0.2) is 33.3 Å². The van der Waals surface area contributed by atoms with E-state index in [1.54, 1.807) is 12.1 Å². The van der Waals surface area contributed by atoms with Crippen molar-refractivity contribution in [3.05, 3.63) is 35.9 Å². The third-order valence-corrected chi connectivity index (χ3v) is 3.30. The van der Waals surface area contributed by atoms with Crippen LogP contribution < -0.4 is 0 Å². The van der Waals surface area contributed by atoms with Crippen molar-refractivity contribution in [3.63, 3.8) is 0 Å². The Morgan fingerprint density at radius 1 is 1.29 bits per heavy atom. The zero-order chi connectivity index (χ0) is 12.9. The molecule has 1 rings (SSSR count). The van der Waals surface area contributed by atoms with E-state index in [1.807, 2.05) is 18.2 Å². The number of carbonyl (C=O) groups excluding carboxylic acids is 1. The second-order valence-electron chi connectivity index (χ2n) is 3.87. The van der Waals surface area contributed by atoms with Gasteiger partial charge in [-0.25, -0.2) is 8.42 Å². The summed E-state index contributed by atoms with van der Waals surface area (Å²) in [5.41, 5.74) is 0.744. The molecule has 1 aromatic rings. The second kappa shape index (κ2) is 5.93. The minimum atomic E-state index is -3.12. The molecular weight excluding hydrogens is 240 g/mol. The quantitative estimate of drug-likeness (QED) is 0.771. The lowest BCUT2D eigenvalue weighted by molar-refractivity contribution is -0.128. The normalized spacial score (nSPS) is 13.3. The molecule has 0 bridgehead atoms. The maximum Gasteiger partial charge on any atom is 0.167 e. The van der Waals surface area contributed by atoms with Crippen LogP contribution in [0.25, 0.3) is 0 Å². The molecule has 0 saturated carbocycles. The van der Waals surface area contributed by atoms with E-state index in [-0.39, 0.29) is 18.0 Å². The van der Waals surface area contributed by atoms with Gasteiger partial charge < -0.3 is 4.74 Å². The van der Waals surface area contributed by atoms with Crippen molar-refractivity contribution in [1.82, 2.24) is 0 Å². The first-order chi connectivity index (χ1) is 7.94. The van der Waals surface area contributed by atoms with Crippen LogP contribution in [0.2, 0.25) is 0 Å². The van der Waals surface area contributed by atoms with E-state index in [2.05, 4.69) is 0 Å². The summed E-state index contributed by atoms with van der Waals surface area (Å²) in [6, 6.07) is 9.03. The molecule has 1 atom stereocenters. The van der Waals surface area contributed by atoms with Crippen molar-refractivity contribution in [1.29, 1.82) is 0 Å². The molecule has 0 aliphatic heterocycles. The first-order valence-corrected chi connectivity index (χ1v) is 7.28. The van der Waals surface area contributed by atoms with Crippen molar-refractivity contribution < 1.29 is 17.9 Å². The first-order valence-electron chi connectivity index (χ1n) is 5.22. The maximum absolute atomic E-state index is 11.8. The highest BCUT2D eigenvalue weighted by atomic mass is 32.2. The molecule has 0 aliphatic carbocycles. The topological polar surface area (TPSA) is 60.4 Å². The van der Waals surface area contributed by atoms with E-state index < -0.39 is 15.9 Å². The summed E-state index contributed by atoms with van der Waals surface area (Å²) in [6.45, 7) is 0. The molecule has 0 fully saturated rings. The van der Waals surface area contributed by atoms with Gasteiger partial charge in [-0.05, 0) is 5.56 Å². The molecule has 17 heavy (non-hydrogen) atoms. The second-order valence-corrected chi connectivity index (χ2v) is 6.13. The van der Waals surface area contributed by atoms with Crippen molar-refractivity contribution in [3.8, 4) is 0 Å². The Kier molecular flexibility index (Phi) is 4.84. The number of hydrogen-bond donors (Lipinski definition) is 0. The van der Waals surface area contributed by atoms with Gasteiger partial charge in [-0.2, -0.15) is 0 Å². The summed E-state index contributed by atoms with van der Waals surface area (Å²) in [7, 11) is -1.68. The number of Topliss-reactive ketones (excluding diaryl/α,β-unsaturated/α-hetero) is 1. The summed E-state index contributed by atoms with van der Waals surface area (Å²) >= 11 is 0. The highest BCUT2D eigenvalue weighted by Crippen LogP contribution is 2.18. The molecule has 1 aromatic carbocycles. The Morgan fingerprint density at radius 2 is 1.88 bits per heavy atom. The standard InChI is InChI=1S/C12H16O4S/c1-16-12(10-6-4-3-5-7-10)11(13)8-9-17(2,14)15/h3-7,12H,8-9H2,1-2H3. The minimum Gasteiger partial charge on any atom is -0.369 e. The van der Waals surface area contributed by atoms with Gasteiger partial charge in [0, 0.05) is 19.8 Å². The lowest BCUT2D eigenvalue weighted by Crippen LogP contribution is -2.18. The summed E-state index contributed by atoms with van der Waals surface area (Å²) in [6.07, 6.45) is 0.412. The molecule has 0 N–H and O–H groups in total. The molecule has 0 saturated heterocycles. The molecule has 94 valence electrons. The lowest BCUT2D eigenvalue weighted by atomic mass is 10.0. The van der Waals surface area contributed by atoms with Crippen molar-refractivity contribution in [2.45, 2.75) is 12.5 Å². The Hall–Kier alpha value is -1.20. The van der Waals surface area contributed by atoms with Gasteiger partial charge in [0.15, 0.2) is 5.78 Å². The van der Waals surface area contributed by atoms with Crippen LogP contribution in [0.4, 0.5) is 0 Å². The third-order valence-electron chi connectivity index (χ3n) is 2.35. The Morgan fingerprint density at radius 3 is 2.35 bits per heavy atom. The van der Waals surface area contributed by atoms with Gasteiger partial charge in [0.2, 0.25) is 0 Å². The van der Waals surface area contributed by atoms with Crippen molar-refractivity contribution in [2.75, 3.05) is 19.1 Å². The number of ketones is 1. The lowest BCUT2D eigenvalue weighted by Gasteiger charge is -2.14. The van der Waals surface area contributed by atoms with Gasteiger partial charge in [-0.3, -0.25) is 4.79 Å². The van der Waals surface area contributed by atoms with E-state index in [1.165, 1.54) is 7.11 Å². The Labute approximate surface area is 102 Å². The van der Waals surface area contributed by atoms with Crippen LogP contribution in [0.1, 0.15) is 18.1 Å². The average molecular weight is 256 g/mol. The Bertz CT molecular complexity index is 465. The molecule has 0 aromatic heterocycles. The van der Waals surface area contributed by atoms with Crippen molar-refractivity contribution in [2.24, 2.45) is 0 Å². The monoisotopic (exact) mass is 256 g/mol. The largest absolute Gasteiger partial charge is 0.369 e. The smallest absolute Gasteiger partial charge is 0.167 e. The van der Waals surface area contributed by atoms with Crippen LogP contribution in [0.15, 0.2) is 30.3 Å². The molecular formula is C12H16O4S. The molecule has 4 nitrogen and oxygen atoms in total. The van der Waals surface area contributed by atoms with Crippen LogP contribution >= 0.6 is 0 Å². The minimum absolute atomic E-state index is 0.0216. The third kappa shape index (κ3) is 4.66. The maximum atomic E-state index is 11.8. The molecule has 1 unspecified atom stereocenters. The average Bonchev–Trinajstić information content (AvgIpc) is 2.28. The number of hydrogen-bond acceptors (Lipinski definition) is 4. The predicted octanol–water partition coefficient (Wildman–Crippen LogP) is 1.38. The van der Waals surface area contributed by atoms with Gasteiger partial charge in [0.05, 0.1) is 5.75 Å². The summed E-state index contributed by atoms with van der Waals surface area (Å²) in [4.78, 5) is 11.8. The number of methoxy groups -OCH3 is 1. The Balaban J connectivity index is 2.72. The zero-order valence-electron chi connectivity index (χ0n) is 9.92. The fourth-order valence-electron chi connectivity index (χ4n) is 1.50. The van der Waals surface area contributed by atoms with Gasteiger partial charge in [0.1, 0.15) is 15.9 Å². The number of ether oxygens (including phenoxy) is 1. The van der Waals surface area contributed by atoms with E-state index >= 15 is 0 Å². The van der Waals surface area contributed by atoms with Gasteiger partial charge in [-0.1, -0.05) is 30.3 Å². The van der Waals surface area contributed by atoms with Crippen LogP contribution in [-0.2, 0) is 19.4 Å². The van der Waals surface area contributed by atoms with Crippen molar-refractivity contribution >= 4 is 15.6 Å². The SMILES string of the molecule is COC(C(=O)CCS(C)(=O)=O)c1ccccc1. The van der Waals surface area contributed by atoms with E-state index in [0.29, 0.717) is 0 Å². The first kappa shape index (κ1) is 13.9. The number of rotatable bonds is 6. The van der Waals surface area contributed by atoms with Gasteiger partial charge in [0.25, 0.3) is 0 Å². The number of benzene rings is 1. The highest BCUT2D eigenvalue weighted by molar-refractivity contribution is 7.90. The molecule has 0 spiro atoms. The number of sulfone groups is 1. The number of carbonyl (C=O) groups is 1. The highest BCUT2D eigenvalue weighted by Gasteiger charge is 2.20. The zero-order valence-corrected chi connectivity index (χ0v) is 10.7. The summed E-state index contributed by atoms with van der Waals surface area (Å²) < 4.78 is 27.1. The summed E-state index contributed by atoms with van der Waals surface area (Å²) in [5, 5.41) is 0. The molecule has 0 amide bonds. The van der Waals surface area contributed by atoms with Gasteiger partial charge >= 0.3 is 0 Å². The molecule has 5 heteroatoms. The van der Waals surface area contributed by atoms with E-state index in [9.17, 15) is 13.2 Å². The molecule has 0 radical (unpaired) electrons.